The van der Waals surface area contributed by atoms with Crippen molar-refractivity contribution in [2.45, 2.75) is 13.8 Å². The summed E-state index contributed by atoms with van der Waals surface area (Å²) in [6.45, 7) is 7.87. The predicted molar refractivity (Wildman–Crippen MR) is 69.3 cm³/mol. The number of nitrogens with zero attached hydrogens (tertiary/aromatic N) is 1. The lowest BCUT2D eigenvalue weighted by atomic mass is 10.0. The van der Waals surface area contributed by atoms with Gasteiger partial charge in [-0.1, -0.05) is 32.6 Å². The Labute approximate surface area is 106 Å². The van der Waals surface area contributed by atoms with Crippen LogP contribution in [0.15, 0.2) is 42.1 Å². The van der Waals surface area contributed by atoms with Gasteiger partial charge in [0.25, 0.3) is 11.8 Å². The largest absolute Gasteiger partial charge is 0.270 e. The first-order valence-corrected chi connectivity index (χ1v) is 5.90. The summed E-state index contributed by atoms with van der Waals surface area (Å²) >= 11 is 0. The van der Waals surface area contributed by atoms with Crippen LogP contribution in [-0.2, 0) is 0 Å². The molecule has 0 aromatic heterocycles. The fourth-order valence-corrected chi connectivity index (χ4v) is 2.00. The number of amides is 2. The highest BCUT2D eigenvalue weighted by atomic mass is 16.2. The topological polar surface area (TPSA) is 37.4 Å². The summed E-state index contributed by atoms with van der Waals surface area (Å²) in [5, 5.41) is 0. The maximum atomic E-state index is 12.1. The highest BCUT2D eigenvalue weighted by molar-refractivity contribution is 6.21. The first-order valence-electron chi connectivity index (χ1n) is 5.90. The van der Waals surface area contributed by atoms with Crippen molar-refractivity contribution in [3.05, 3.63) is 53.3 Å². The first kappa shape index (κ1) is 12.3. The number of carbonyl (C=O) groups is 2. The van der Waals surface area contributed by atoms with E-state index in [4.69, 9.17) is 0 Å². The summed E-state index contributed by atoms with van der Waals surface area (Å²) in [7, 11) is 0. The van der Waals surface area contributed by atoms with Crippen molar-refractivity contribution in [3.63, 3.8) is 0 Å². The molecule has 2 amide bonds. The van der Waals surface area contributed by atoms with Crippen molar-refractivity contribution in [2.75, 3.05) is 6.54 Å². The molecule has 1 aliphatic rings. The van der Waals surface area contributed by atoms with E-state index < -0.39 is 0 Å². The van der Waals surface area contributed by atoms with Crippen LogP contribution in [0.4, 0.5) is 0 Å². The van der Waals surface area contributed by atoms with Gasteiger partial charge in [-0.25, -0.2) is 0 Å². The Balaban J connectivity index is 2.32. The maximum Gasteiger partial charge on any atom is 0.261 e. The van der Waals surface area contributed by atoms with Crippen molar-refractivity contribution in [2.24, 2.45) is 5.92 Å². The van der Waals surface area contributed by atoms with E-state index in [1.807, 2.05) is 13.8 Å². The Hall–Kier alpha value is -2.12. The molecule has 0 radical (unpaired) electrons. The van der Waals surface area contributed by atoms with Crippen LogP contribution < -0.4 is 0 Å². The van der Waals surface area contributed by atoms with Gasteiger partial charge in [0.15, 0.2) is 0 Å². The van der Waals surface area contributed by atoms with Crippen LogP contribution in [0.2, 0.25) is 0 Å². The molecule has 2 rings (SSSR count). The van der Waals surface area contributed by atoms with Gasteiger partial charge < -0.3 is 0 Å². The third kappa shape index (κ3) is 1.89. The molecular weight excluding hydrogens is 226 g/mol. The highest BCUT2D eigenvalue weighted by Crippen LogP contribution is 2.24. The third-order valence-corrected chi connectivity index (χ3v) is 3.13. The molecule has 0 unspecified atom stereocenters. The second kappa shape index (κ2) is 4.63. The Morgan fingerprint density at radius 1 is 1.22 bits per heavy atom. The number of benzene rings is 1. The smallest absolute Gasteiger partial charge is 0.261 e. The molecule has 0 atom stereocenters. The number of imide groups is 1. The van der Waals surface area contributed by atoms with Crippen LogP contribution in [0.3, 0.4) is 0 Å². The summed E-state index contributed by atoms with van der Waals surface area (Å²) in [6.07, 6.45) is 0. The standard InChI is InChI=1S/C15H15NO2/c1-4-11(10(2)3)9-16-14(17)12-7-5-6-8-13(12)15(16)18/h5-8,10H,1,9H2,2-3H3. The average Bonchev–Trinajstić information content (AvgIpc) is 2.60. The van der Waals surface area contributed by atoms with Crippen molar-refractivity contribution in [1.29, 1.82) is 0 Å². The fraction of sp³-hybridized carbons (Fsp3) is 0.267. The zero-order valence-electron chi connectivity index (χ0n) is 10.6. The molecule has 0 aliphatic carbocycles. The lowest BCUT2D eigenvalue weighted by molar-refractivity contribution is 0.0665. The van der Waals surface area contributed by atoms with E-state index in [-0.39, 0.29) is 24.3 Å². The minimum atomic E-state index is -0.232. The van der Waals surface area contributed by atoms with Gasteiger partial charge in [0, 0.05) is 0 Å². The first-order chi connectivity index (χ1) is 8.56. The molecule has 3 nitrogen and oxygen atoms in total. The normalized spacial score (nSPS) is 13.8. The molecule has 1 aromatic rings. The third-order valence-electron chi connectivity index (χ3n) is 3.13. The quantitative estimate of drug-likeness (QED) is 0.602. The molecule has 1 aliphatic heterocycles. The lowest BCUT2D eigenvalue weighted by Gasteiger charge is -2.17. The Bertz CT molecular complexity index is 531. The van der Waals surface area contributed by atoms with E-state index in [1.54, 1.807) is 24.3 Å². The number of hydrogen-bond acceptors (Lipinski definition) is 2. The number of fused-ring (bicyclic) bond motifs is 1. The van der Waals surface area contributed by atoms with Crippen LogP contribution in [0, 0.1) is 5.92 Å². The molecule has 92 valence electrons. The number of rotatable bonds is 3. The Kier molecular flexibility index (Phi) is 3.17. The van der Waals surface area contributed by atoms with Crippen molar-refractivity contribution >= 4 is 11.8 Å². The molecule has 0 saturated carbocycles. The van der Waals surface area contributed by atoms with Crippen LogP contribution in [0.25, 0.3) is 0 Å². The van der Waals surface area contributed by atoms with E-state index in [0.29, 0.717) is 11.1 Å². The molecule has 3 heteroatoms. The van der Waals surface area contributed by atoms with Crippen LogP contribution in [0.1, 0.15) is 34.6 Å². The molecule has 0 N–H and O–H groups in total. The summed E-state index contributed by atoms with van der Waals surface area (Å²) in [5.41, 5.74) is 4.64. The SMILES string of the molecule is C=C=C(CN1C(=O)c2ccccc2C1=O)C(C)C. The average molecular weight is 241 g/mol. The molecule has 0 spiro atoms. The zero-order chi connectivity index (χ0) is 13.3. The molecule has 18 heavy (non-hydrogen) atoms. The summed E-state index contributed by atoms with van der Waals surface area (Å²) < 4.78 is 0. The zero-order valence-corrected chi connectivity index (χ0v) is 10.6. The van der Waals surface area contributed by atoms with Crippen LogP contribution in [-0.4, -0.2) is 23.3 Å². The van der Waals surface area contributed by atoms with Gasteiger partial charge in [0.2, 0.25) is 0 Å². The van der Waals surface area contributed by atoms with Crippen molar-refractivity contribution in [1.82, 2.24) is 4.90 Å². The Morgan fingerprint density at radius 3 is 2.11 bits per heavy atom. The number of hydrogen-bond donors (Lipinski definition) is 0. The maximum absolute atomic E-state index is 12.1. The second-order valence-corrected chi connectivity index (χ2v) is 4.60. The molecule has 0 bridgehead atoms. The number of carbonyl (C=O) groups excluding carboxylic acids is 2. The van der Waals surface area contributed by atoms with E-state index >= 15 is 0 Å². The van der Waals surface area contributed by atoms with Gasteiger partial charge in [-0.3, -0.25) is 14.5 Å². The van der Waals surface area contributed by atoms with Crippen molar-refractivity contribution < 1.29 is 9.59 Å². The minimum absolute atomic E-state index is 0.215. The molecule has 1 heterocycles. The monoisotopic (exact) mass is 241 g/mol. The van der Waals surface area contributed by atoms with Crippen LogP contribution in [0.5, 0.6) is 0 Å². The minimum Gasteiger partial charge on any atom is -0.270 e. The second-order valence-electron chi connectivity index (χ2n) is 4.60. The summed E-state index contributed by atoms with van der Waals surface area (Å²) in [5.74, 6) is -0.250. The Morgan fingerprint density at radius 2 is 1.72 bits per heavy atom. The lowest BCUT2D eigenvalue weighted by Crippen LogP contribution is -2.32. The highest BCUT2D eigenvalue weighted by Gasteiger charge is 2.35. The summed E-state index contributed by atoms with van der Waals surface area (Å²) in [4.78, 5) is 25.5. The van der Waals surface area contributed by atoms with E-state index in [9.17, 15) is 9.59 Å². The van der Waals surface area contributed by atoms with Crippen LogP contribution >= 0.6 is 0 Å². The van der Waals surface area contributed by atoms with Gasteiger partial charge in [0.05, 0.1) is 17.7 Å². The van der Waals surface area contributed by atoms with E-state index in [1.165, 1.54) is 4.90 Å². The van der Waals surface area contributed by atoms with Gasteiger partial charge in [-0.2, -0.15) is 0 Å². The van der Waals surface area contributed by atoms with E-state index in [2.05, 4.69) is 12.3 Å². The van der Waals surface area contributed by atoms with Gasteiger partial charge in [-0.05, 0) is 23.6 Å². The summed E-state index contributed by atoms with van der Waals surface area (Å²) in [6, 6.07) is 6.89. The van der Waals surface area contributed by atoms with Gasteiger partial charge >= 0.3 is 0 Å². The van der Waals surface area contributed by atoms with Gasteiger partial charge in [0.1, 0.15) is 0 Å². The fourth-order valence-electron chi connectivity index (χ4n) is 2.00. The molecular formula is C15H15NO2. The van der Waals surface area contributed by atoms with E-state index in [0.717, 1.165) is 5.57 Å². The van der Waals surface area contributed by atoms with Gasteiger partial charge in [-0.15, -0.1) is 5.73 Å². The van der Waals surface area contributed by atoms with Crippen molar-refractivity contribution in [3.8, 4) is 0 Å². The molecule has 0 saturated heterocycles. The molecule has 1 aromatic carbocycles. The molecule has 0 fully saturated rings. The predicted octanol–water partition coefficient (Wildman–Crippen LogP) is 2.65.